The number of carbonyl (C=O) groups is 1. The second kappa shape index (κ2) is 8.31. The molecule has 0 spiro atoms. The van der Waals surface area contributed by atoms with E-state index in [1.165, 1.54) is 0 Å². The third-order valence-corrected chi connectivity index (χ3v) is 5.83. The van der Waals surface area contributed by atoms with Gasteiger partial charge in [-0.15, -0.1) is 11.3 Å². The van der Waals surface area contributed by atoms with Gasteiger partial charge in [-0.25, -0.2) is 4.98 Å². The van der Waals surface area contributed by atoms with Gasteiger partial charge in [0.2, 0.25) is 0 Å². The number of fused-ring (bicyclic) bond motifs is 1. The van der Waals surface area contributed by atoms with Gasteiger partial charge in [-0.05, 0) is 29.8 Å². The summed E-state index contributed by atoms with van der Waals surface area (Å²) in [5.41, 5.74) is 3.46. The molecule has 0 aliphatic carbocycles. The van der Waals surface area contributed by atoms with Crippen molar-refractivity contribution in [1.82, 2.24) is 4.98 Å². The van der Waals surface area contributed by atoms with E-state index in [1.807, 2.05) is 47.8 Å². The molecular formula is C21H19ClN2O3S. The van der Waals surface area contributed by atoms with Gasteiger partial charge in [0.05, 0.1) is 29.5 Å². The molecule has 0 N–H and O–H groups in total. The molecule has 2 heterocycles. The van der Waals surface area contributed by atoms with Crippen molar-refractivity contribution >= 4 is 34.5 Å². The van der Waals surface area contributed by atoms with E-state index in [9.17, 15) is 4.79 Å². The summed E-state index contributed by atoms with van der Waals surface area (Å²) in [7, 11) is 1.68. The fourth-order valence-electron chi connectivity index (χ4n) is 3.08. The molecule has 5 nitrogen and oxygen atoms in total. The molecule has 3 aromatic rings. The number of amides is 1. The van der Waals surface area contributed by atoms with Crippen LogP contribution in [0.2, 0.25) is 5.02 Å². The predicted octanol–water partition coefficient (Wildman–Crippen LogP) is 4.58. The Balaban J connectivity index is 1.66. The number of carbonyl (C=O) groups excluding carboxylic acids is 1. The number of ether oxygens (including phenoxy) is 2. The van der Waals surface area contributed by atoms with Gasteiger partial charge in [-0.2, -0.15) is 0 Å². The highest BCUT2D eigenvalue weighted by atomic mass is 35.5. The molecule has 28 heavy (non-hydrogen) atoms. The first-order valence-corrected chi connectivity index (χ1v) is 10.2. The first-order valence-electron chi connectivity index (χ1n) is 8.90. The van der Waals surface area contributed by atoms with Crippen molar-refractivity contribution in [3.8, 4) is 17.0 Å². The molecule has 0 saturated carbocycles. The number of hydrogen-bond acceptors (Lipinski definition) is 5. The number of rotatable bonds is 6. The predicted molar refractivity (Wildman–Crippen MR) is 111 cm³/mol. The van der Waals surface area contributed by atoms with E-state index in [1.54, 1.807) is 23.3 Å². The molecule has 7 heteroatoms. The smallest absolute Gasteiger partial charge is 0.265 e. The van der Waals surface area contributed by atoms with Crippen LogP contribution in [-0.4, -0.2) is 31.2 Å². The number of thiazole rings is 1. The number of methoxy groups -OCH3 is 1. The van der Waals surface area contributed by atoms with Crippen LogP contribution in [0.1, 0.15) is 10.6 Å². The first-order chi connectivity index (χ1) is 13.7. The van der Waals surface area contributed by atoms with Gasteiger partial charge in [0.25, 0.3) is 5.91 Å². The topological polar surface area (TPSA) is 51.7 Å². The molecule has 0 unspecified atom stereocenters. The summed E-state index contributed by atoms with van der Waals surface area (Å²) in [6.45, 7) is 1.06. The number of halogens is 1. The highest BCUT2D eigenvalue weighted by molar-refractivity contribution is 7.09. The number of benzene rings is 2. The Labute approximate surface area is 172 Å². The first kappa shape index (κ1) is 18.9. The number of aromatic nitrogens is 1. The molecule has 4 rings (SSSR count). The molecule has 1 amide bonds. The fourth-order valence-corrected chi connectivity index (χ4v) is 4.06. The van der Waals surface area contributed by atoms with Crippen LogP contribution in [0.3, 0.4) is 0 Å². The lowest BCUT2D eigenvalue weighted by Gasteiger charge is -2.30. The van der Waals surface area contributed by atoms with Crippen molar-refractivity contribution in [1.29, 1.82) is 0 Å². The Morgan fingerprint density at radius 3 is 2.96 bits per heavy atom. The van der Waals surface area contributed by atoms with E-state index < -0.39 is 0 Å². The minimum atomic E-state index is -0.0939. The molecule has 1 aromatic heterocycles. The number of anilines is 1. The Morgan fingerprint density at radius 1 is 1.29 bits per heavy atom. The van der Waals surface area contributed by atoms with Crippen LogP contribution in [0.4, 0.5) is 5.69 Å². The second-order valence-electron chi connectivity index (χ2n) is 6.41. The van der Waals surface area contributed by atoms with E-state index in [-0.39, 0.29) is 12.5 Å². The molecular weight excluding hydrogens is 396 g/mol. The monoisotopic (exact) mass is 414 g/mol. The summed E-state index contributed by atoms with van der Waals surface area (Å²) < 4.78 is 10.7. The molecule has 0 saturated heterocycles. The highest BCUT2D eigenvalue weighted by Gasteiger charge is 2.27. The summed E-state index contributed by atoms with van der Waals surface area (Å²) >= 11 is 7.91. The Morgan fingerprint density at radius 2 is 2.14 bits per heavy atom. The molecule has 1 aliphatic rings. The maximum absolute atomic E-state index is 12.6. The van der Waals surface area contributed by atoms with Crippen LogP contribution in [0, 0.1) is 0 Å². The fraction of sp³-hybridized carbons (Fsp3) is 0.238. The molecule has 2 aromatic carbocycles. The second-order valence-corrected chi connectivity index (χ2v) is 7.76. The van der Waals surface area contributed by atoms with Gasteiger partial charge in [0.1, 0.15) is 5.75 Å². The average Bonchev–Trinajstić information content (AvgIpc) is 3.18. The zero-order valence-electron chi connectivity index (χ0n) is 15.4. The lowest BCUT2D eigenvalue weighted by Crippen LogP contribution is -2.38. The van der Waals surface area contributed by atoms with Crippen LogP contribution < -0.4 is 9.64 Å². The standard InChI is InChI=1S/C21H19ClN2O3S/c1-26-9-8-20-23-17(13-28-20)14-6-7-19-18(10-14)24(21(25)12-27-19)11-15-4-2-3-5-16(15)22/h2-7,10,13H,8-9,11-12H2,1H3. The zero-order chi connectivity index (χ0) is 19.5. The van der Waals surface area contributed by atoms with Gasteiger partial charge in [0, 0.05) is 29.5 Å². The number of nitrogens with zero attached hydrogens (tertiary/aromatic N) is 2. The Bertz CT molecular complexity index is 1000. The van der Waals surface area contributed by atoms with Crippen molar-refractivity contribution in [3.05, 3.63) is 63.4 Å². The molecule has 1 aliphatic heterocycles. The molecule has 144 valence electrons. The molecule has 0 atom stereocenters. The average molecular weight is 415 g/mol. The maximum Gasteiger partial charge on any atom is 0.265 e. The van der Waals surface area contributed by atoms with E-state index >= 15 is 0 Å². The normalized spacial score (nSPS) is 13.4. The van der Waals surface area contributed by atoms with Crippen LogP contribution >= 0.6 is 22.9 Å². The van der Waals surface area contributed by atoms with E-state index in [0.717, 1.165) is 33.9 Å². The third kappa shape index (κ3) is 3.90. The molecule has 0 fully saturated rings. The summed E-state index contributed by atoms with van der Waals surface area (Å²) in [6, 6.07) is 13.4. The van der Waals surface area contributed by atoms with Gasteiger partial charge in [0.15, 0.2) is 6.61 Å². The number of hydrogen-bond donors (Lipinski definition) is 0. The van der Waals surface area contributed by atoms with Gasteiger partial charge in [-0.3, -0.25) is 4.79 Å². The highest BCUT2D eigenvalue weighted by Crippen LogP contribution is 2.37. The Hall–Kier alpha value is -2.41. The Kier molecular flexibility index (Phi) is 5.62. The van der Waals surface area contributed by atoms with Crippen LogP contribution in [0.15, 0.2) is 47.8 Å². The van der Waals surface area contributed by atoms with Gasteiger partial charge in [-0.1, -0.05) is 29.8 Å². The van der Waals surface area contributed by atoms with Crippen molar-refractivity contribution in [2.75, 3.05) is 25.2 Å². The van der Waals surface area contributed by atoms with Crippen LogP contribution in [0.25, 0.3) is 11.3 Å². The maximum atomic E-state index is 12.6. The van der Waals surface area contributed by atoms with Gasteiger partial charge >= 0.3 is 0 Å². The third-order valence-electron chi connectivity index (χ3n) is 4.56. The van der Waals surface area contributed by atoms with Crippen molar-refractivity contribution < 1.29 is 14.3 Å². The summed E-state index contributed by atoms with van der Waals surface area (Å²) in [5, 5.41) is 3.69. The van der Waals surface area contributed by atoms with E-state index in [2.05, 4.69) is 4.98 Å². The van der Waals surface area contributed by atoms with Crippen LogP contribution in [0.5, 0.6) is 5.75 Å². The lowest BCUT2D eigenvalue weighted by molar-refractivity contribution is -0.121. The minimum absolute atomic E-state index is 0.0225. The summed E-state index contributed by atoms with van der Waals surface area (Å²) in [4.78, 5) is 19.0. The van der Waals surface area contributed by atoms with Crippen molar-refractivity contribution in [3.63, 3.8) is 0 Å². The quantitative estimate of drug-likeness (QED) is 0.592. The van der Waals surface area contributed by atoms with Crippen molar-refractivity contribution in [2.45, 2.75) is 13.0 Å². The van der Waals surface area contributed by atoms with Crippen LogP contribution in [-0.2, 0) is 22.5 Å². The SMILES string of the molecule is COCCc1nc(-c2ccc3c(c2)N(Cc2ccccc2Cl)C(=O)CO3)cs1. The largest absolute Gasteiger partial charge is 0.482 e. The summed E-state index contributed by atoms with van der Waals surface area (Å²) in [5.74, 6) is 0.592. The van der Waals surface area contributed by atoms with E-state index in [4.69, 9.17) is 21.1 Å². The molecule has 0 radical (unpaired) electrons. The zero-order valence-corrected chi connectivity index (χ0v) is 16.9. The van der Waals surface area contributed by atoms with E-state index in [0.29, 0.717) is 23.9 Å². The van der Waals surface area contributed by atoms with Gasteiger partial charge < -0.3 is 14.4 Å². The lowest BCUT2D eigenvalue weighted by atomic mass is 10.1. The minimum Gasteiger partial charge on any atom is -0.482 e. The summed E-state index contributed by atoms with van der Waals surface area (Å²) in [6.07, 6.45) is 0.784. The molecule has 0 bridgehead atoms. The van der Waals surface area contributed by atoms with Crippen molar-refractivity contribution in [2.24, 2.45) is 0 Å².